The van der Waals surface area contributed by atoms with Crippen LogP contribution in [-0.2, 0) is 38.0 Å². The van der Waals surface area contributed by atoms with Crippen molar-refractivity contribution in [1.29, 1.82) is 0 Å². The highest BCUT2D eigenvalue weighted by atomic mass is 16.6. The van der Waals surface area contributed by atoms with E-state index in [1.54, 1.807) is 0 Å². The van der Waals surface area contributed by atoms with Crippen molar-refractivity contribution < 1.29 is 47.5 Å². The largest absolute Gasteiger partial charge is 0.447 e. The minimum Gasteiger partial charge on any atom is -0.447 e. The van der Waals surface area contributed by atoms with Gasteiger partial charge in [0.25, 0.3) is 0 Å². The molecule has 0 spiro atoms. The molecule has 0 rings (SSSR count). The van der Waals surface area contributed by atoms with Gasteiger partial charge in [-0.1, -0.05) is 6.08 Å². The molecule has 0 unspecified atom stereocenters. The molecule has 13 heteroatoms. The predicted octanol–water partition coefficient (Wildman–Crippen LogP) is 1.01. The fourth-order valence-corrected chi connectivity index (χ4v) is 2.55. The number of nitrogens with one attached hydrogen (secondary N) is 3. The SMILES string of the molecule is C=CCCCOCCOCCOCCOCCNC(=O)CCCOC(COC(=O)NC)COC(=O)NC. The second-order valence-corrected chi connectivity index (χ2v) is 7.52. The number of unbranched alkanes of at least 4 members (excludes halogenated alkanes) is 1. The first-order chi connectivity index (χ1) is 18.0. The molecule has 0 atom stereocenters. The van der Waals surface area contributed by atoms with Crippen molar-refractivity contribution in [2.45, 2.75) is 31.8 Å². The van der Waals surface area contributed by atoms with E-state index in [1.165, 1.54) is 14.1 Å². The summed E-state index contributed by atoms with van der Waals surface area (Å²) in [4.78, 5) is 34.4. The van der Waals surface area contributed by atoms with Gasteiger partial charge < -0.3 is 49.1 Å². The first-order valence-electron chi connectivity index (χ1n) is 12.5. The van der Waals surface area contributed by atoms with Gasteiger partial charge in [-0.15, -0.1) is 6.58 Å². The smallest absolute Gasteiger partial charge is 0.406 e. The zero-order valence-electron chi connectivity index (χ0n) is 22.3. The number of hydrogen-bond acceptors (Lipinski definition) is 10. The Kier molecular flexibility index (Phi) is 24.8. The fraction of sp³-hybridized carbons (Fsp3) is 0.792. The molecule has 0 aliphatic rings. The Balaban J connectivity index is 3.60. The molecule has 0 aliphatic carbocycles. The summed E-state index contributed by atoms with van der Waals surface area (Å²) >= 11 is 0. The minimum atomic E-state index is -0.647. The molecule has 37 heavy (non-hydrogen) atoms. The van der Waals surface area contributed by atoms with E-state index in [0.717, 1.165) is 12.8 Å². The normalized spacial score (nSPS) is 10.7. The quantitative estimate of drug-likeness (QED) is 0.114. The van der Waals surface area contributed by atoms with Crippen molar-refractivity contribution in [3.63, 3.8) is 0 Å². The zero-order chi connectivity index (χ0) is 27.4. The van der Waals surface area contributed by atoms with Crippen LogP contribution in [0.2, 0.25) is 0 Å². The maximum atomic E-state index is 11.9. The molecule has 0 bridgehead atoms. The first-order valence-corrected chi connectivity index (χ1v) is 12.5. The lowest BCUT2D eigenvalue weighted by Crippen LogP contribution is -2.33. The molecule has 0 aromatic carbocycles. The Bertz CT molecular complexity index is 575. The molecule has 0 aromatic heterocycles. The number of amides is 3. The van der Waals surface area contributed by atoms with Crippen LogP contribution in [-0.4, -0.2) is 118 Å². The lowest BCUT2D eigenvalue weighted by Gasteiger charge is -2.17. The van der Waals surface area contributed by atoms with Crippen LogP contribution in [0.3, 0.4) is 0 Å². The lowest BCUT2D eigenvalue weighted by molar-refractivity contribution is -0.121. The zero-order valence-corrected chi connectivity index (χ0v) is 22.3. The van der Waals surface area contributed by atoms with E-state index in [1.807, 2.05) is 6.08 Å². The molecular weight excluding hydrogens is 490 g/mol. The van der Waals surface area contributed by atoms with Crippen molar-refractivity contribution in [1.82, 2.24) is 16.0 Å². The van der Waals surface area contributed by atoms with Gasteiger partial charge in [-0.05, 0) is 19.3 Å². The minimum absolute atomic E-state index is 0.0946. The molecule has 0 heterocycles. The first kappa shape index (κ1) is 34.6. The number of hydrogen-bond donors (Lipinski definition) is 3. The molecule has 0 aliphatic heterocycles. The summed E-state index contributed by atoms with van der Waals surface area (Å²) in [5, 5.41) is 7.39. The van der Waals surface area contributed by atoms with Crippen molar-refractivity contribution in [2.75, 3.05) is 93.3 Å². The van der Waals surface area contributed by atoms with Crippen LogP contribution in [0, 0.1) is 0 Å². The average molecular weight is 536 g/mol. The summed E-state index contributed by atoms with van der Waals surface area (Å²) < 4.78 is 37.1. The third kappa shape index (κ3) is 25.0. The van der Waals surface area contributed by atoms with Crippen LogP contribution in [0.15, 0.2) is 12.7 Å². The van der Waals surface area contributed by atoms with E-state index in [0.29, 0.717) is 65.8 Å². The van der Waals surface area contributed by atoms with Crippen molar-refractivity contribution in [2.24, 2.45) is 0 Å². The van der Waals surface area contributed by atoms with Crippen LogP contribution >= 0.6 is 0 Å². The van der Waals surface area contributed by atoms with Crippen LogP contribution in [0.25, 0.3) is 0 Å². The number of allylic oxidation sites excluding steroid dienone is 1. The van der Waals surface area contributed by atoms with Gasteiger partial charge in [0.1, 0.15) is 19.3 Å². The third-order valence-corrected chi connectivity index (χ3v) is 4.49. The Hall–Kier alpha value is -2.45. The summed E-state index contributed by atoms with van der Waals surface area (Å²) in [7, 11) is 2.86. The number of ether oxygens (including phenoxy) is 7. The monoisotopic (exact) mass is 535 g/mol. The Labute approximate surface area is 219 Å². The molecule has 0 fully saturated rings. The Morgan fingerprint density at radius 2 is 1.24 bits per heavy atom. The molecule has 0 saturated carbocycles. The highest BCUT2D eigenvalue weighted by molar-refractivity contribution is 5.75. The van der Waals surface area contributed by atoms with Gasteiger partial charge in [-0.25, -0.2) is 9.59 Å². The van der Waals surface area contributed by atoms with Gasteiger partial charge in [0.15, 0.2) is 0 Å². The van der Waals surface area contributed by atoms with Crippen LogP contribution in [0.5, 0.6) is 0 Å². The van der Waals surface area contributed by atoms with Crippen LogP contribution in [0.1, 0.15) is 25.7 Å². The standard InChI is InChI=1S/C24H45N3O10/c1-4-5-6-10-31-13-15-33-17-18-34-16-14-32-12-9-27-22(28)8-7-11-35-21(19-36-23(29)25-2)20-37-24(30)26-3/h4,21H,1,5-20H2,2-3H3,(H,25,29)(H,26,30)(H,27,28). The maximum absolute atomic E-state index is 11.9. The topological polar surface area (TPSA) is 152 Å². The number of carbonyl (C=O) groups excluding carboxylic acids is 3. The number of rotatable bonds is 25. The van der Waals surface area contributed by atoms with Gasteiger partial charge >= 0.3 is 12.2 Å². The van der Waals surface area contributed by atoms with E-state index >= 15 is 0 Å². The van der Waals surface area contributed by atoms with Gasteiger partial charge in [0, 0.05) is 40.3 Å². The number of alkyl carbamates (subject to hydrolysis) is 2. The molecule has 3 amide bonds. The van der Waals surface area contributed by atoms with E-state index in [9.17, 15) is 14.4 Å². The average Bonchev–Trinajstić information content (AvgIpc) is 2.91. The van der Waals surface area contributed by atoms with Gasteiger partial charge in [0.05, 0.1) is 46.2 Å². The van der Waals surface area contributed by atoms with Gasteiger partial charge in [0.2, 0.25) is 5.91 Å². The predicted molar refractivity (Wildman–Crippen MR) is 136 cm³/mol. The molecular formula is C24H45N3O10. The third-order valence-electron chi connectivity index (χ3n) is 4.49. The summed E-state index contributed by atoms with van der Waals surface area (Å²) in [5.74, 6) is -0.134. The van der Waals surface area contributed by atoms with Crippen molar-refractivity contribution >= 4 is 18.1 Å². The highest BCUT2D eigenvalue weighted by Gasteiger charge is 2.15. The van der Waals surface area contributed by atoms with E-state index < -0.39 is 18.3 Å². The van der Waals surface area contributed by atoms with Crippen molar-refractivity contribution in [3.8, 4) is 0 Å². The maximum Gasteiger partial charge on any atom is 0.406 e. The van der Waals surface area contributed by atoms with Crippen LogP contribution < -0.4 is 16.0 Å². The summed E-state index contributed by atoms with van der Waals surface area (Å²) in [5.41, 5.74) is 0. The van der Waals surface area contributed by atoms with E-state index in [4.69, 9.17) is 33.2 Å². The fourth-order valence-electron chi connectivity index (χ4n) is 2.55. The molecule has 0 radical (unpaired) electrons. The van der Waals surface area contributed by atoms with Crippen molar-refractivity contribution in [3.05, 3.63) is 12.7 Å². The highest BCUT2D eigenvalue weighted by Crippen LogP contribution is 2.00. The van der Waals surface area contributed by atoms with Gasteiger partial charge in [-0.2, -0.15) is 0 Å². The Morgan fingerprint density at radius 1 is 0.730 bits per heavy atom. The second-order valence-electron chi connectivity index (χ2n) is 7.52. The summed E-state index contributed by atoms with van der Waals surface area (Å²) in [6.07, 6.45) is 2.61. The molecule has 216 valence electrons. The van der Waals surface area contributed by atoms with E-state index in [-0.39, 0.29) is 32.1 Å². The second kappa shape index (κ2) is 26.6. The van der Waals surface area contributed by atoms with E-state index in [2.05, 4.69) is 22.5 Å². The summed E-state index contributed by atoms with van der Waals surface area (Å²) in [6.45, 7) is 8.14. The number of carbonyl (C=O) groups is 3. The molecule has 0 aromatic rings. The molecule has 13 nitrogen and oxygen atoms in total. The van der Waals surface area contributed by atoms with Gasteiger partial charge in [-0.3, -0.25) is 4.79 Å². The molecule has 3 N–H and O–H groups in total. The Morgan fingerprint density at radius 3 is 1.76 bits per heavy atom. The lowest BCUT2D eigenvalue weighted by atomic mass is 10.3. The van der Waals surface area contributed by atoms with Crippen LogP contribution in [0.4, 0.5) is 9.59 Å². The summed E-state index contributed by atoms with van der Waals surface area (Å²) in [6, 6.07) is 0. The molecule has 0 saturated heterocycles.